The third-order valence-corrected chi connectivity index (χ3v) is 7.04. The number of ether oxygens (including phenoxy) is 2. The maximum absolute atomic E-state index is 11.4. The average Bonchev–Trinajstić information content (AvgIpc) is 3.01. The Morgan fingerprint density at radius 2 is 2.00 bits per heavy atom. The summed E-state index contributed by atoms with van der Waals surface area (Å²) >= 11 is 1.43. The number of nitrogen functional groups attached to an aromatic ring is 2. The van der Waals surface area contributed by atoms with Crippen molar-refractivity contribution in [1.29, 1.82) is 0 Å². The van der Waals surface area contributed by atoms with E-state index in [-0.39, 0.29) is 42.5 Å². The number of nitrogens with one attached hydrogen (secondary N) is 1. The molecule has 2 aromatic rings. The van der Waals surface area contributed by atoms with Gasteiger partial charge in [0.1, 0.15) is 5.82 Å². The summed E-state index contributed by atoms with van der Waals surface area (Å²) in [6.45, 7) is 13.0. The van der Waals surface area contributed by atoms with E-state index in [4.69, 9.17) is 20.9 Å². The lowest BCUT2D eigenvalue weighted by Gasteiger charge is -2.31. The Balaban J connectivity index is 1.92. The fourth-order valence-electron chi connectivity index (χ4n) is 4.38. The molecule has 9 nitrogen and oxygen atoms in total. The third-order valence-electron chi connectivity index (χ3n) is 6.00. The molecule has 0 bridgehead atoms. The van der Waals surface area contributed by atoms with Gasteiger partial charge in [0.25, 0.3) is 0 Å². The van der Waals surface area contributed by atoms with Gasteiger partial charge in [0.2, 0.25) is 5.95 Å². The molecule has 3 rings (SSSR count). The van der Waals surface area contributed by atoms with Crippen LogP contribution in [0, 0.1) is 18.8 Å². The molecule has 1 heterocycles. The molecule has 1 fully saturated rings. The second-order valence-electron chi connectivity index (χ2n) is 9.39. The van der Waals surface area contributed by atoms with Crippen LogP contribution in [0.4, 0.5) is 17.5 Å². The van der Waals surface area contributed by atoms with Gasteiger partial charge in [0.15, 0.2) is 5.79 Å². The number of nitrogens with zero attached hydrogens (tertiary/aromatic N) is 2. The summed E-state index contributed by atoms with van der Waals surface area (Å²) in [5, 5.41) is 13.9. The predicted octanol–water partition coefficient (Wildman–Crippen LogP) is 3.83. The monoisotopic (exact) mass is 501 g/mol. The number of aliphatic hydroxyl groups is 1. The number of aromatic nitrogens is 2. The Kier molecular flexibility index (Phi) is 8.30. The van der Waals surface area contributed by atoms with Crippen molar-refractivity contribution in [3.05, 3.63) is 42.1 Å². The number of hydrogen-bond donors (Lipinski definition) is 4. The molecule has 0 radical (unpaired) electrons. The van der Waals surface area contributed by atoms with Gasteiger partial charge in [-0.15, -0.1) is 0 Å². The van der Waals surface area contributed by atoms with E-state index in [9.17, 15) is 9.90 Å². The number of esters is 1. The topological polar surface area (TPSA) is 146 Å². The minimum Gasteiger partial charge on any atom is -0.466 e. The van der Waals surface area contributed by atoms with Crippen molar-refractivity contribution >= 4 is 40.1 Å². The summed E-state index contributed by atoms with van der Waals surface area (Å²) in [6, 6.07) is 7.33. The zero-order valence-corrected chi connectivity index (χ0v) is 21.7. The minimum atomic E-state index is -1.34. The Hall–Kier alpha value is -2.82. The fraction of sp³-hybridized carbons (Fsp3) is 0.480. The molecule has 35 heavy (non-hydrogen) atoms. The van der Waals surface area contributed by atoms with Gasteiger partial charge in [-0.05, 0) is 45.2 Å². The van der Waals surface area contributed by atoms with Crippen molar-refractivity contribution in [3.8, 4) is 0 Å². The molecule has 1 aromatic carbocycles. The van der Waals surface area contributed by atoms with Gasteiger partial charge in [-0.1, -0.05) is 37.4 Å². The third kappa shape index (κ3) is 6.87. The maximum Gasteiger partial charge on any atom is 0.302 e. The first-order valence-electron chi connectivity index (χ1n) is 11.5. The Bertz CT molecular complexity index is 1090. The Morgan fingerprint density at radius 3 is 2.63 bits per heavy atom. The summed E-state index contributed by atoms with van der Waals surface area (Å²) in [6.07, 6.45) is 0.272. The standard InChI is InChI=1S/C25H35N5O4S/c1-13-17(12-33-16(4)31)11-19(22(13)34-25(5,6)32)29-23-21(14(2)28-24(27)30-23)15(3)35-20-10-8-7-9-18(20)26/h7-10,13,17,19,22,32H,3,11-12,26H2,1-2,4-6H3,(H3,27,28,29,30)/t13-,17-,19-,22-/m1/s1. The first kappa shape index (κ1) is 26.8. The first-order chi connectivity index (χ1) is 16.4. The molecule has 0 spiro atoms. The molecule has 190 valence electrons. The highest BCUT2D eigenvalue weighted by Gasteiger charge is 2.44. The van der Waals surface area contributed by atoms with Gasteiger partial charge >= 0.3 is 5.97 Å². The number of para-hydroxylation sites is 1. The van der Waals surface area contributed by atoms with Crippen LogP contribution in [-0.2, 0) is 14.3 Å². The number of rotatable bonds is 9. The molecule has 1 aliphatic rings. The summed E-state index contributed by atoms with van der Waals surface area (Å²) in [4.78, 5) is 21.8. The van der Waals surface area contributed by atoms with E-state index < -0.39 is 5.79 Å². The quantitative estimate of drug-likeness (QED) is 0.173. The fourth-order valence-corrected chi connectivity index (χ4v) is 5.33. The Labute approximate surface area is 210 Å². The lowest BCUT2D eigenvalue weighted by molar-refractivity contribution is -0.214. The number of anilines is 3. The molecule has 0 unspecified atom stereocenters. The van der Waals surface area contributed by atoms with Crippen LogP contribution >= 0.6 is 11.8 Å². The van der Waals surface area contributed by atoms with Gasteiger partial charge in [0.05, 0.1) is 30.0 Å². The number of carbonyl (C=O) groups excluding carboxylic acids is 1. The number of carbonyl (C=O) groups is 1. The largest absolute Gasteiger partial charge is 0.466 e. The van der Waals surface area contributed by atoms with Crippen LogP contribution in [0.15, 0.2) is 35.7 Å². The van der Waals surface area contributed by atoms with Crippen LogP contribution in [0.2, 0.25) is 0 Å². The molecular weight excluding hydrogens is 466 g/mol. The van der Waals surface area contributed by atoms with E-state index in [1.165, 1.54) is 18.7 Å². The van der Waals surface area contributed by atoms with Crippen molar-refractivity contribution in [3.63, 3.8) is 0 Å². The van der Waals surface area contributed by atoms with Crippen molar-refractivity contribution in [1.82, 2.24) is 9.97 Å². The zero-order chi connectivity index (χ0) is 25.9. The second-order valence-corrected chi connectivity index (χ2v) is 10.5. The van der Waals surface area contributed by atoms with E-state index >= 15 is 0 Å². The van der Waals surface area contributed by atoms with Crippen LogP contribution in [0.5, 0.6) is 0 Å². The highest BCUT2D eigenvalue weighted by atomic mass is 32.2. The van der Waals surface area contributed by atoms with Crippen molar-refractivity contribution in [2.75, 3.05) is 23.4 Å². The molecule has 0 aliphatic heterocycles. The molecule has 1 aliphatic carbocycles. The SMILES string of the molecule is C=C(Sc1ccccc1N)c1c(C)nc(N)nc1N[C@@H]1C[C@H](COC(C)=O)[C@@H](C)[C@H]1OC(C)(C)O. The van der Waals surface area contributed by atoms with Crippen LogP contribution in [0.3, 0.4) is 0 Å². The summed E-state index contributed by atoms with van der Waals surface area (Å²) in [7, 11) is 0. The second kappa shape index (κ2) is 10.8. The Morgan fingerprint density at radius 1 is 1.31 bits per heavy atom. The molecule has 0 saturated heterocycles. The highest BCUT2D eigenvalue weighted by Crippen LogP contribution is 2.42. The van der Waals surface area contributed by atoms with Crippen LogP contribution < -0.4 is 16.8 Å². The summed E-state index contributed by atoms with van der Waals surface area (Å²) in [5.41, 5.74) is 14.2. The smallest absolute Gasteiger partial charge is 0.302 e. The number of hydrogen-bond acceptors (Lipinski definition) is 10. The summed E-state index contributed by atoms with van der Waals surface area (Å²) in [5.74, 6) is -0.977. The van der Waals surface area contributed by atoms with Gasteiger partial charge < -0.3 is 31.4 Å². The number of nitrogens with two attached hydrogens (primary N) is 2. The molecule has 1 saturated carbocycles. The van der Waals surface area contributed by atoms with E-state index in [1.54, 1.807) is 13.8 Å². The van der Waals surface area contributed by atoms with E-state index in [0.29, 0.717) is 28.5 Å². The predicted molar refractivity (Wildman–Crippen MR) is 139 cm³/mol. The molecule has 0 amide bonds. The highest BCUT2D eigenvalue weighted by molar-refractivity contribution is 8.08. The summed E-state index contributed by atoms with van der Waals surface area (Å²) < 4.78 is 11.3. The van der Waals surface area contributed by atoms with Crippen LogP contribution in [-0.4, -0.2) is 45.6 Å². The van der Waals surface area contributed by atoms with E-state index in [1.807, 2.05) is 38.1 Å². The number of thioether (sulfide) groups is 1. The molecule has 1 aromatic heterocycles. The normalized spacial score (nSPS) is 22.1. The van der Waals surface area contributed by atoms with Gasteiger partial charge in [-0.2, -0.15) is 4.98 Å². The van der Waals surface area contributed by atoms with Gasteiger partial charge in [-0.3, -0.25) is 4.79 Å². The molecule has 4 atom stereocenters. The van der Waals surface area contributed by atoms with Gasteiger partial charge in [0, 0.05) is 28.3 Å². The number of benzene rings is 1. The van der Waals surface area contributed by atoms with Crippen molar-refractivity contribution in [2.45, 2.75) is 63.9 Å². The van der Waals surface area contributed by atoms with Crippen molar-refractivity contribution in [2.24, 2.45) is 11.8 Å². The lowest BCUT2D eigenvalue weighted by Crippen LogP contribution is -2.41. The van der Waals surface area contributed by atoms with E-state index in [0.717, 1.165) is 10.5 Å². The molecular formula is C25H35N5O4S. The average molecular weight is 502 g/mol. The van der Waals surface area contributed by atoms with Crippen molar-refractivity contribution < 1.29 is 19.4 Å². The van der Waals surface area contributed by atoms with Gasteiger partial charge in [-0.25, -0.2) is 4.98 Å². The lowest BCUT2D eigenvalue weighted by atomic mass is 9.97. The molecule has 10 heteroatoms. The van der Waals surface area contributed by atoms with Crippen LogP contribution in [0.1, 0.15) is 45.4 Å². The maximum atomic E-state index is 11.4. The zero-order valence-electron chi connectivity index (χ0n) is 20.9. The minimum absolute atomic E-state index is 0.00343. The van der Waals surface area contributed by atoms with Crippen LogP contribution in [0.25, 0.3) is 4.91 Å². The number of aryl methyl sites for hydroxylation is 1. The first-order valence-corrected chi connectivity index (χ1v) is 12.3. The molecule has 6 N–H and O–H groups in total. The van der Waals surface area contributed by atoms with E-state index in [2.05, 4.69) is 21.9 Å².